The van der Waals surface area contributed by atoms with E-state index < -0.39 is 0 Å². The molecule has 0 aliphatic carbocycles. The predicted octanol–water partition coefficient (Wildman–Crippen LogP) is 2.07. The molecule has 0 amide bonds. The fraction of sp³-hybridized carbons (Fsp3) is 0.500. The van der Waals surface area contributed by atoms with Gasteiger partial charge in [0.25, 0.3) is 0 Å². The van der Waals surface area contributed by atoms with E-state index in [0.717, 1.165) is 37.5 Å². The number of aromatic nitrogens is 3. The van der Waals surface area contributed by atoms with Crippen LogP contribution < -0.4 is 10.1 Å². The maximum absolute atomic E-state index is 5.29. The number of nitrogens with one attached hydrogen (secondary N) is 1. The molecule has 1 aromatic heterocycles. The third-order valence-electron chi connectivity index (χ3n) is 3.53. The van der Waals surface area contributed by atoms with Crippen LogP contribution in [0.2, 0.25) is 0 Å². The molecule has 21 heavy (non-hydrogen) atoms. The lowest BCUT2D eigenvalue weighted by atomic mass is 10.0. The van der Waals surface area contributed by atoms with Crippen molar-refractivity contribution in [3.8, 4) is 5.75 Å². The molecule has 0 spiro atoms. The quantitative estimate of drug-likeness (QED) is 0.808. The molecule has 1 atom stereocenters. The minimum absolute atomic E-state index is 0.344. The zero-order valence-electron chi connectivity index (χ0n) is 13.0. The molecule has 0 aliphatic heterocycles. The van der Waals surface area contributed by atoms with Crippen molar-refractivity contribution in [3.05, 3.63) is 42.0 Å². The highest BCUT2D eigenvalue weighted by atomic mass is 16.5. The van der Waals surface area contributed by atoms with Crippen molar-refractivity contribution in [2.24, 2.45) is 0 Å². The van der Waals surface area contributed by atoms with Crippen LogP contribution in [0.4, 0.5) is 0 Å². The number of likely N-dealkylation sites (N-methyl/N-ethyl adjacent to an activating group) is 1. The van der Waals surface area contributed by atoms with Gasteiger partial charge in [-0.3, -0.25) is 4.68 Å². The third kappa shape index (κ3) is 4.29. The lowest BCUT2D eigenvalue weighted by Crippen LogP contribution is -2.34. The topological polar surface area (TPSA) is 52.0 Å². The molecule has 0 saturated carbocycles. The van der Waals surface area contributed by atoms with E-state index in [1.165, 1.54) is 5.56 Å². The summed E-state index contributed by atoms with van der Waals surface area (Å²) in [7, 11) is 1.70. The van der Waals surface area contributed by atoms with Crippen LogP contribution in [-0.4, -0.2) is 34.5 Å². The Labute approximate surface area is 126 Å². The second-order valence-corrected chi connectivity index (χ2v) is 5.01. The average molecular weight is 288 g/mol. The number of hydrogen-bond donors (Lipinski definition) is 1. The van der Waals surface area contributed by atoms with Gasteiger partial charge in [0.2, 0.25) is 0 Å². The Morgan fingerprint density at radius 1 is 1.29 bits per heavy atom. The van der Waals surface area contributed by atoms with E-state index in [1.54, 1.807) is 13.4 Å². The molecule has 0 bridgehead atoms. The van der Waals surface area contributed by atoms with Gasteiger partial charge in [-0.25, -0.2) is 4.98 Å². The second kappa shape index (κ2) is 7.78. The Hall–Kier alpha value is -1.88. The van der Waals surface area contributed by atoms with Crippen LogP contribution in [-0.2, 0) is 19.4 Å². The summed E-state index contributed by atoms with van der Waals surface area (Å²) < 4.78 is 7.25. The number of aryl methyl sites for hydroxylation is 1. The van der Waals surface area contributed by atoms with Crippen LogP contribution in [0.25, 0.3) is 0 Å². The first-order chi connectivity index (χ1) is 10.3. The molecule has 0 radical (unpaired) electrons. The van der Waals surface area contributed by atoms with Crippen LogP contribution in [0.15, 0.2) is 30.6 Å². The molecule has 0 aliphatic rings. The molecule has 114 valence electrons. The van der Waals surface area contributed by atoms with E-state index in [0.29, 0.717) is 6.04 Å². The zero-order chi connectivity index (χ0) is 15.1. The molecule has 0 fully saturated rings. The highest BCUT2D eigenvalue weighted by molar-refractivity contribution is 5.29. The summed E-state index contributed by atoms with van der Waals surface area (Å²) in [5.74, 6) is 1.94. The summed E-state index contributed by atoms with van der Waals surface area (Å²) in [5.41, 5.74) is 1.27. The molecule has 0 saturated heterocycles. The molecule has 1 aromatic carbocycles. The number of methoxy groups -OCH3 is 1. The Morgan fingerprint density at radius 3 is 2.86 bits per heavy atom. The van der Waals surface area contributed by atoms with Gasteiger partial charge in [0.05, 0.1) is 7.11 Å². The minimum atomic E-state index is 0.344. The molecule has 5 heteroatoms. The number of benzene rings is 1. The highest BCUT2D eigenvalue weighted by Crippen LogP contribution is 2.15. The Morgan fingerprint density at radius 2 is 2.14 bits per heavy atom. The van der Waals surface area contributed by atoms with E-state index in [9.17, 15) is 0 Å². The third-order valence-corrected chi connectivity index (χ3v) is 3.53. The summed E-state index contributed by atoms with van der Waals surface area (Å²) in [6, 6.07) is 8.58. The molecule has 5 nitrogen and oxygen atoms in total. The van der Waals surface area contributed by atoms with Crippen molar-refractivity contribution in [1.82, 2.24) is 20.1 Å². The Bertz CT molecular complexity index is 553. The summed E-state index contributed by atoms with van der Waals surface area (Å²) in [5, 5.41) is 7.78. The van der Waals surface area contributed by atoms with Crippen molar-refractivity contribution in [3.63, 3.8) is 0 Å². The van der Waals surface area contributed by atoms with E-state index in [1.807, 2.05) is 16.8 Å². The smallest absolute Gasteiger partial charge is 0.138 e. The SMILES string of the molecule is CCNC(Cc1cccc(OC)c1)Cc1ncnn1CC. The monoisotopic (exact) mass is 288 g/mol. The largest absolute Gasteiger partial charge is 0.497 e. The molecule has 1 unspecified atom stereocenters. The van der Waals surface area contributed by atoms with Crippen molar-refractivity contribution in [1.29, 1.82) is 0 Å². The maximum atomic E-state index is 5.29. The summed E-state index contributed by atoms with van der Waals surface area (Å²) in [6.45, 7) is 6.01. The normalized spacial score (nSPS) is 12.3. The molecular formula is C16H24N4O. The maximum Gasteiger partial charge on any atom is 0.138 e. The van der Waals surface area contributed by atoms with E-state index >= 15 is 0 Å². The fourth-order valence-electron chi connectivity index (χ4n) is 2.52. The van der Waals surface area contributed by atoms with Gasteiger partial charge < -0.3 is 10.1 Å². The van der Waals surface area contributed by atoms with Gasteiger partial charge in [0.1, 0.15) is 17.9 Å². The number of hydrogen-bond acceptors (Lipinski definition) is 4. The van der Waals surface area contributed by atoms with Gasteiger partial charge >= 0.3 is 0 Å². The molecule has 2 rings (SSSR count). The van der Waals surface area contributed by atoms with Gasteiger partial charge in [-0.2, -0.15) is 5.10 Å². The van der Waals surface area contributed by atoms with Gasteiger partial charge in [0.15, 0.2) is 0 Å². The lowest BCUT2D eigenvalue weighted by Gasteiger charge is -2.18. The Kier molecular flexibility index (Phi) is 5.75. The standard InChI is InChI=1S/C16H24N4O/c1-4-17-14(11-16-18-12-19-20(16)5-2)9-13-7-6-8-15(10-13)21-3/h6-8,10,12,14,17H,4-5,9,11H2,1-3H3. The van der Waals surface area contributed by atoms with Crippen LogP contribution in [0, 0.1) is 0 Å². The summed E-state index contributed by atoms with van der Waals surface area (Å²) in [6.07, 6.45) is 3.45. The van der Waals surface area contributed by atoms with Crippen molar-refractivity contribution < 1.29 is 4.74 Å². The number of rotatable bonds is 8. The van der Waals surface area contributed by atoms with Crippen molar-refractivity contribution in [2.75, 3.05) is 13.7 Å². The van der Waals surface area contributed by atoms with Crippen LogP contribution >= 0.6 is 0 Å². The number of ether oxygens (including phenoxy) is 1. The Balaban J connectivity index is 2.07. The predicted molar refractivity (Wildman–Crippen MR) is 83.6 cm³/mol. The van der Waals surface area contributed by atoms with Crippen LogP contribution in [0.3, 0.4) is 0 Å². The minimum Gasteiger partial charge on any atom is -0.497 e. The molecule has 1 heterocycles. The van der Waals surface area contributed by atoms with Gasteiger partial charge in [-0.05, 0) is 37.6 Å². The van der Waals surface area contributed by atoms with Crippen molar-refractivity contribution in [2.45, 2.75) is 39.3 Å². The zero-order valence-corrected chi connectivity index (χ0v) is 13.0. The van der Waals surface area contributed by atoms with Crippen molar-refractivity contribution >= 4 is 0 Å². The van der Waals surface area contributed by atoms with E-state index in [2.05, 4.69) is 41.4 Å². The first-order valence-corrected chi connectivity index (χ1v) is 7.49. The van der Waals surface area contributed by atoms with Crippen LogP contribution in [0.1, 0.15) is 25.2 Å². The first-order valence-electron chi connectivity index (χ1n) is 7.49. The van der Waals surface area contributed by atoms with Gasteiger partial charge in [-0.1, -0.05) is 19.1 Å². The molecular weight excluding hydrogens is 264 g/mol. The summed E-state index contributed by atoms with van der Waals surface area (Å²) in [4.78, 5) is 4.37. The van der Waals surface area contributed by atoms with Gasteiger partial charge in [0, 0.05) is 19.0 Å². The van der Waals surface area contributed by atoms with Crippen LogP contribution in [0.5, 0.6) is 5.75 Å². The first kappa shape index (κ1) is 15.5. The number of nitrogens with zero attached hydrogens (tertiary/aromatic N) is 3. The summed E-state index contributed by atoms with van der Waals surface area (Å²) >= 11 is 0. The molecule has 1 N–H and O–H groups in total. The van der Waals surface area contributed by atoms with E-state index in [-0.39, 0.29) is 0 Å². The fourth-order valence-corrected chi connectivity index (χ4v) is 2.52. The van der Waals surface area contributed by atoms with E-state index in [4.69, 9.17) is 4.74 Å². The lowest BCUT2D eigenvalue weighted by molar-refractivity contribution is 0.413. The van der Waals surface area contributed by atoms with Gasteiger partial charge in [-0.15, -0.1) is 0 Å². The highest BCUT2D eigenvalue weighted by Gasteiger charge is 2.13. The second-order valence-electron chi connectivity index (χ2n) is 5.01. The molecule has 2 aromatic rings. The average Bonchev–Trinajstić information content (AvgIpc) is 2.95.